The standard InChI is InChI=1S/C10H6FNO4/c11-7-2-1-5(4-13)6(3-12)8(7)9(14)10(15)16/h1-2,4,9,14H,(H,15,16). The zero-order valence-corrected chi connectivity index (χ0v) is 7.85. The van der Waals surface area contributed by atoms with Gasteiger partial charge in [-0.3, -0.25) is 4.79 Å². The lowest BCUT2D eigenvalue weighted by Crippen LogP contribution is -2.15. The lowest BCUT2D eigenvalue weighted by atomic mass is 9.98. The lowest BCUT2D eigenvalue weighted by molar-refractivity contribution is -0.147. The van der Waals surface area contributed by atoms with Crippen LogP contribution in [-0.4, -0.2) is 22.5 Å². The molecular weight excluding hydrogens is 217 g/mol. The molecule has 1 atom stereocenters. The molecule has 16 heavy (non-hydrogen) atoms. The van der Waals surface area contributed by atoms with Gasteiger partial charge in [0, 0.05) is 11.1 Å². The van der Waals surface area contributed by atoms with Crippen molar-refractivity contribution in [3.05, 3.63) is 34.6 Å². The quantitative estimate of drug-likeness (QED) is 0.732. The van der Waals surface area contributed by atoms with Crippen molar-refractivity contribution < 1.29 is 24.2 Å². The van der Waals surface area contributed by atoms with Gasteiger partial charge in [-0.25, -0.2) is 9.18 Å². The SMILES string of the molecule is N#Cc1c(C=O)ccc(F)c1C(O)C(=O)O. The van der Waals surface area contributed by atoms with E-state index in [1.807, 2.05) is 0 Å². The first-order valence-electron chi connectivity index (χ1n) is 4.11. The summed E-state index contributed by atoms with van der Waals surface area (Å²) in [4.78, 5) is 21.0. The molecule has 0 saturated carbocycles. The maximum absolute atomic E-state index is 13.3. The maximum atomic E-state index is 13.3. The second kappa shape index (κ2) is 4.51. The monoisotopic (exact) mass is 223 g/mol. The fourth-order valence-corrected chi connectivity index (χ4v) is 1.22. The highest BCUT2D eigenvalue weighted by atomic mass is 19.1. The first-order chi connectivity index (χ1) is 7.52. The number of rotatable bonds is 3. The van der Waals surface area contributed by atoms with Gasteiger partial charge in [0.1, 0.15) is 11.9 Å². The number of aliphatic carboxylic acids is 1. The molecule has 0 amide bonds. The summed E-state index contributed by atoms with van der Waals surface area (Å²) in [5.74, 6) is -2.74. The van der Waals surface area contributed by atoms with Gasteiger partial charge in [-0.05, 0) is 12.1 Å². The van der Waals surface area contributed by atoms with Gasteiger partial charge in [-0.2, -0.15) is 5.26 Å². The van der Waals surface area contributed by atoms with Crippen molar-refractivity contribution in [2.24, 2.45) is 0 Å². The number of halogens is 1. The second-order valence-electron chi connectivity index (χ2n) is 2.90. The van der Waals surface area contributed by atoms with Crippen molar-refractivity contribution in [1.29, 1.82) is 5.26 Å². The number of aliphatic hydroxyl groups is 1. The molecule has 0 spiro atoms. The Kier molecular flexibility index (Phi) is 3.33. The first kappa shape index (κ1) is 11.8. The van der Waals surface area contributed by atoms with Crippen molar-refractivity contribution in [3.63, 3.8) is 0 Å². The van der Waals surface area contributed by atoms with Crippen LogP contribution in [0.15, 0.2) is 12.1 Å². The minimum absolute atomic E-state index is 0.167. The van der Waals surface area contributed by atoms with Crippen LogP contribution in [0.1, 0.15) is 27.6 Å². The summed E-state index contributed by atoms with van der Waals surface area (Å²) in [5.41, 5.74) is -1.33. The Labute approximate surface area is 89.4 Å². The second-order valence-corrected chi connectivity index (χ2v) is 2.90. The van der Waals surface area contributed by atoms with Crippen molar-refractivity contribution in [2.75, 3.05) is 0 Å². The van der Waals surface area contributed by atoms with Crippen LogP contribution in [0.4, 0.5) is 4.39 Å². The fraction of sp³-hybridized carbons (Fsp3) is 0.100. The Morgan fingerprint density at radius 2 is 2.19 bits per heavy atom. The van der Waals surface area contributed by atoms with Gasteiger partial charge in [0.25, 0.3) is 0 Å². The Morgan fingerprint density at radius 3 is 2.62 bits per heavy atom. The molecule has 1 unspecified atom stereocenters. The van der Waals surface area contributed by atoms with E-state index in [1.54, 1.807) is 0 Å². The van der Waals surface area contributed by atoms with E-state index >= 15 is 0 Å². The van der Waals surface area contributed by atoms with Gasteiger partial charge >= 0.3 is 5.97 Å². The average Bonchev–Trinajstić information content (AvgIpc) is 2.27. The number of nitriles is 1. The van der Waals surface area contributed by atoms with Gasteiger partial charge < -0.3 is 10.2 Å². The fourth-order valence-electron chi connectivity index (χ4n) is 1.22. The number of hydrogen-bond acceptors (Lipinski definition) is 4. The molecule has 0 aliphatic rings. The predicted octanol–water partition coefficient (Wildman–Crippen LogP) is 0.628. The number of carbonyl (C=O) groups excluding carboxylic acids is 1. The minimum atomic E-state index is -2.17. The van der Waals surface area contributed by atoms with E-state index in [9.17, 15) is 19.1 Å². The van der Waals surface area contributed by atoms with Crippen LogP contribution in [0.2, 0.25) is 0 Å². The number of carboxylic acids is 1. The number of benzene rings is 1. The number of aldehydes is 1. The first-order valence-corrected chi connectivity index (χ1v) is 4.11. The van der Waals surface area contributed by atoms with Crippen molar-refractivity contribution in [1.82, 2.24) is 0 Å². The molecule has 0 saturated heterocycles. The van der Waals surface area contributed by atoms with Crippen LogP contribution < -0.4 is 0 Å². The summed E-state index contributed by atoms with van der Waals surface area (Å²) >= 11 is 0. The maximum Gasteiger partial charge on any atom is 0.337 e. The number of nitrogens with zero attached hydrogens (tertiary/aromatic N) is 1. The summed E-state index contributed by atoms with van der Waals surface area (Å²) in [6, 6.07) is 3.36. The molecule has 2 N–H and O–H groups in total. The summed E-state index contributed by atoms with van der Waals surface area (Å²) in [6.07, 6.45) is -1.88. The summed E-state index contributed by atoms with van der Waals surface area (Å²) < 4.78 is 13.3. The van der Waals surface area contributed by atoms with Gasteiger partial charge in [0.2, 0.25) is 0 Å². The van der Waals surface area contributed by atoms with Crippen LogP contribution in [0.3, 0.4) is 0 Å². The summed E-state index contributed by atoms with van der Waals surface area (Å²) in [5, 5.41) is 26.4. The molecule has 1 aromatic carbocycles. The van der Waals surface area contributed by atoms with Crippen LogP contribution in [0, 0.1) is 17.1 Å². The zero-order chi connectivity index (χ0) is 12.3. The highest BCUT2D eigenvalue weighted by molar-refractivity contribution is 5.83. The summed E-state index contributed by atoms with van der Waals surface area (Å²) in [6.45, 7) is 0. The normalized spacial score (nSPS) is 11.6. The third-order valence-corrected chi connectivity index (χ3v) is 1.97. The van der Waals surface area contributed by atoms with E-state index in [2.05, 4.69) is 0 Å². The molecular formula is C10H6FNO4. The van der Waals surface area contributed by atoms with Crippen LogP contribution in [-0.2, 0) is 4.79 Å². The van der Waals surface area contributed by atoms with Crippen molar-refractivity contribution in [3.8, 4) is 6.07 Å². The molecule has 82 valence electrons. The number of aliphatic hydroxyl groups excluding tert-OH is 1. The van der Waals surface area contributed by atoms with Gasteiger partial charge in [0.15, 0.2) is 12.4 Å². The van der Waals surface area contributed by atoms with Gasteiger partial charge in [0.05, 0.1) is 5.56 Å². The number of carboxylic acid groups (broad SMARTS) is 1. The Hall–Kier alpha value is -2.26. The third-order valence-electron chi connectivity index (χ3n) is 1.97. The predicted molar refractivity (Wildman–Crippen MR) is 49.1 cm³/mol. The van der Waals surface area contributed by atoms with E-state index < -0.39 is 29.0 Å². The van der Waals surface area contributed by atoms with Gasteiger partial charge in [-0.1, -0.05) is 0 Å². The molecule has 0 aromatic heterocycles. The Morgan fingerprint density at radius 1 is 1.56 bits per heavy atom. The molecule has 0 fully saturated rings. The highest BCUT2D eigenvalue weighted by Gasteiger charge is 2.25. The van der Waals surface area contributed by atoms with E-state index in [0.29, 0.717) is 0 Å². The van der Waals surface area contributed by atoms with E-state index in [4.69, 9.17) is 10.4 Å². The van der Waals surface area contributed by atoms with Gasteiger partial charge in [-0.15, -0.1) is 0 Å². The largest absolute Gasteiger partial charge is 0.479 e. The number of hydrogen-bond donors (Lipinski definition) is 2. The third kappa shape index (κ3) is 1.89. The molecule has 1 rings (SSSR count). The molecule has 0 aliphatic heterocycles. The molecule has 5 nitrogen and oxygen atoms in total. The van der Waals surface area contributed by atoms with E-state index in [1.165, 1.54) is 6.07 Å². The molecule has 0 aliphatic carbocycles. The zero-order valence-electron chi connectivity index (χ0n) is 7.85. The molecule has 1 aromatic rings. The smallest absolute Gasteiger partial charge is 0.337 e. The topological polar surface area (TPSA) is 98.4 Å². The number of carbonyl (C=O) groups is 2. The molecule has 6 heteroatoms. The Bertz CT molecular complexity index is 492. The molecule has 0 heterocycles. The van der Waals surface area contributed by atoms with Crippen molar-refractivity contribution in [2.45, 2.75) is 6.10 Å². The Balaban J connectivity index is 3.53. The molecule has 0 radical (unpaired) electrons. The highest BCUT2D eigenvalue weighted by Crippen LogP contribution is 2.23. The van der Waals surface area contributed by atoms with Crippen LogP contribution in [0.5, 0.6) is 0 Å². The minimum Gasteiger partial charge on any atom is -0.479 e. The lowest BCUT2D eigenvalue weighted by Gasteiger charge is -2.10. The van der Waals surface area contributed by atoms with E-state index in [0.717, 1.165) is 12.1 Å². The van der Waals surface area contributed by atoms with Crippen LogP contribution in [0.25, 0.3) is 0 Å². The summed E-state index contributed by atoms with van der Waals surface area (Å²) in [7, 11) is 0. The average molecular weight is 223 g/mol. The van der Waals surface area contributed by atoms with E-state index in [-0.39, 0.29) is 11.8 Å². The van der Waals surface area contributed by atoms with Crippen LogP contribution >= 0.6 is 0 Å². The van der Waals surface area contributed by atoms with Crippen molar-refractivity contribution >= 4 is 12.3 Å². The molecule has 0 bridgehead atoms.